The Hall–Kier alpha value is -2.16. The number of nitrogens with zero attached hydrogens (tertiary/aromatic N) is 4. The highest BCUT2D eigenvalue weighted by Gasteiger charge is 2.24. The first-order chi connectivity index (χ1) is 12.4. The van der Waals surface area contributed by atoms with Crippen molar-refractivity contribution in [2.24, 2.45) is 0 Å². The molecule has 0 spiro atoms. The molecule has 1 saturated heterocycles. The fourth-order valence-electron chi connectivity index (χ4n) is 2.84. The van der Waals surface area contributed by atoms with Gasteiger partial charge in [0.2, 0.25) is 5.95 Å². The SMILES string of the molecule is CC(C)(O)c1cc2nc(-c3ccc(F)nc3)nc(N3CCOCC3)c2s1. The number of morpholine rings is 1. The van der Waals surface area contributed by atoms with Crippen LogP contribution in [0.15, 0.2) is 24.4 Å². The van der Waals surface area contributed by atoms with Crippen LogP contribution >= 0.6 is 11.3 Å². The molecule has 0 atom stereocenters. The van der Waals surface area contributed by atoms with Crippen LogP contribution in [-0.2, 0) is 10.3 Å². The second-order valence-electron chi connectivity index (χ2n) is 6.72. The van der Waals surface area contributed by atoms with Gasteiger partial charge in [0.25, 0.3) is 0 Å². The van der Waals surface area contributed by atoms with E-state index in [0.29, 0.717) is 24.6 Å². The van der Waals surface area contributed by atoms with Gasteiger partial charge in [0.1, 0.15) is 0 Å². The molecule has 3 aromatic heterocycles. The Morgan fingerprint density at radius 3 is 2.65 bits per heavy atom. The van der Waals surface area contributed by atoms with Crippen molar-refractivity contribution in [1.29, 1.82) is 0 Å². The number of anilines is 1. The van der Waals surface area contributed by atoms with Gasteiger partial charge in [-0.05, 0) is 32.0 Å². The van der Waals surface area contributed by atoms with Gasteiger partial charge >= 0.3 is 0 Å². The Morgan fingerprint density at radius 1 is 1.23 bits per heavy atom. The number of aromatic nitrogens is 3. The number of thiophene rings is 1. The molecule has 136 valence electrons. The van der Waals surface area contributed by atoms with Gasteiger partial charge in [-0.3, -0.25) is 0 Å². The summed E-state index contributed by atoms with van der Waals surface area (Å²) in [4.78, 5) is 16.1. The van der Waals surface area contributed by atoms with Crippen LogP contribution in [0.4, 0.5) is 10.2 Å². The molecule has 8 heteroatoms. The highest BCUT2D eigenvalue weighted by Crippen LogP contribution is 2.38. The summed E-state index contributed by atoms with van der Waals surface area (Å²) in [5, 5.41) is 10.4. The lowest BCUT2D eigenvalue weighted by atomic mass is 10.1. The molecule has 4 rings (SSSR count). The molecule has 0 aromatic carbocycles. The van der Waals surface area contributed by atoms with Crippen molar-refractivity contribution in [3.8, 4) is 11.4 Å². The summed E-state index contributed by atoms with van der Waals surface area (Å²) in [7, 11) is 0. The molecule has 26 heavy (non-hydrogen) atoms. The van der Waals surface area contributed by atoms with Crippen LogP contribution in [0, 0.1) is 5.95 Å². The van der Waals surface area contributed by atoms with Crippen LogP contribution in [0.5, 0.6) is 0 Å². The van der Waals surface area contributed by atoms with E-state index in [1.807, 2.05) is 6.07 Å². The third-order valence-corrected chi connectivity index (χ3v) is 5.69. The smallest absolute Gasteiger partial charge is 0.212 e. The van der Waals surface area contributed by atoms with Gasteiger partial charge < -0.3 is 14.7 Å². The van der Waals surface area contributed by atoms with Crippen LogP contribution in [0.25, 0.3) is 21.6 Å². The van der Waals surface area contributed by atoms with Gasteiger partial charge in [-0.15, -0.1) is 11.3 Å². The third-order valence-electron chi connectivity index (χ3n) is 4.25. The molecule has 0 amide bonds. The molecule has 0 bridgehead atoms. The van der Waals surface area contributed by atoms with E-state index in [-0.39, 0.29) is 0 Å². The predicted octanol–water partition coefficient (Wildman–Crippen LogP) is 2.96. The van der Waals surface area contributed by atoms with Crippen molar-refractivity contribution < 1.29 is 14.2 Å². The lowest BCUT2D eigenvalue weighted by molar-refractivity contribution is 0.0826. The second-order valence-corrected chi connectivity index (χ2v) is 7.78. The van der Waals surface area contributed by atoms with E-state index in [9.17, 15) is 9.50 Å². The zero-order valence-electron chi connectivity index (χ0n) is 14.6. The predicted molar refractivity (Wildman–Crippen MR) is 98.9 cm³/mol. The summed E-state index contributed by atoms with van der Waals surface area (Å²) in [6.45, 7) is 6.27. The van der Waals surface area contributed by atoms with Crippen molar-refractivity contribution in [2.75, 3.05) is 31.2 Å². The monoisotopic (exact) mass is 374 g/mol. The van der Waals surface area contributed by atoms with Crippen molar-refractivity contribution in [2.45, 2.75) is 19.4 Å². The van der Waals surface area contributed by atoms with Gasteiger partial charge in [0, 0.05) is 29.7 Å². The van der Waals surface area contributed by atoms with Crippen LogP contribution in [0.3, 0.4) is 0 Å². The molecule has 0 saturated carbocycles. The maximum absolute atomic E-state index is 13.2. The summed E-state index contributed by atoms with van der Waals surface area (Å²) in [6.07, 6.45) is 1.43. The number of aliphatic hydroxyl groups is 1. The van der Waals surface area contributed by atoms with Crippen LogP contribution in [0.2, 0.25) is 0 Å². The van der Waals surface area contributed by atoms with Crippen molar-refractivity contribution in [3.05, 3.63) is 35.2 Å². The summed E-state index contributed by atoms with van der Waals surface area (Å²) in [5.41, 5.74) is 0.465. The van der Waals surface area contributed by atoms with E-state index in [4.69, 9.17) is 9.72 Å². The second kappa shape index (κ2) is 6.53. The Morgan fingerprint density at radius 2 is 2.00 bits per heavy atom. The first-order valence-electron chi connectivity index (χ1n) is 8.41. The quantitative estimate of drug-likeness (QED) is 0.711. The largest absolute Gasteiger partial charge is 0.385 e. The number of hydrogen-bond acceptors (Lipinski definition) is 7. The number of pyridine rings is 1. The fourth-order valence-corrected chi connectivity index (χ4v) is 3.96. The average molecular weight is 374 g/mol. The van der Waals surface area contributed by atoms with Gasteiger partial charge in [0.15, 0.2) is 11.6 Å². The van der Waals surface area contributed by atoms with Crippen LogP contribution in [-0.4, -0.2) is 46.4 Å². The van der Waals surface area contributed by atoms with Gasteiger partial charge in [-0.1, -0.05) is 0 Å². The first kappa shape index (κ1) is 17.3. The van der Waals surface area contributed by atoms with E-state index < -0.39 is 11.5 Å². The summed E-state index contributed by atoms with van der Waals surface area (Å²) in [5.74, 6) is 0.771. The zero-order chi connectivity index (χ0) is 18.3. The molecule has 4 heterocycles. The first-order valence-corrected chi connectivity index (χ1v) is 9.22. The molecule has 1 fully saturated rings. The third kappa shape index (κ3) is 3.27. The van der Waals surface area contributed by atoms with Crippen molar-refractivity contribution in [3.63, 3.8) is 0 Å². The fraction of sp³-hybridized carbons (Fsp3) is 0.389. The molecule has 0 unspecified atom stereocenters. The molecule has 1 N–H and O–H groups in total. The highest BCUT2D eigenvalue weighted by atomic mass is 32.1. The minimum absolute atomic E-state index is 0.492. The molecular formula is C18H19FN4O2S. The van der Waals surface area contributed by atoms with E-state index >= 15 is 0 Å². The number of halogens is 1. The minimum Gasteiger partial charge on any atom is -0.385 e. The maximum atomic E-state index is 13.2. The zero-order valence-corrected chi connectivity index (χ0v) is 15.4. The molecule has 3 aromatic rings. The Balaban J connectivity index is 1.89. The number of rotatable bonds is 3. The van der Waals surface area contributed by atoms with E-state index in [0.717, 1.165) is 34.0 Å². The topological polar surface area (TPSA) is 71.4 Å². The maximum Gasteiger partial charge on any atom is 0.212 e. The van der Waals surface area contributed by atoms with Gasteiger partial charge in [-0.25, -0.2) is 15.0 Å². The number of fused-ring (bicyclic) bond motifs is 1. The lowest BCUT2D eigenvalue weighted by Gasteiger charge is -2.28. The van der Waals surface area contributed by atoms with E-state index in [2.05, 4.69) is 14.9 Å². The average Bonchev–Trinajstić information content (AvgIpc) is 3.07. The van der Waals surface area contributed by atoms with Crippen LogP contribution in [0.1, 0.15) is 18.7 Å². The van der Waals surface area contributed by atoms with E-state index in [1.54, 1.807) is 19.9 Å². The number of ether oxygens (including phenoxy) is 1. The lowest BCUT2D eigenvalue weighted by Crippen LogP contribution is -2.36. The normalized spacial score (nSPS) is 15.6. The Bertz CT molecular complexity index is 931. The standard InChI is InChI=1S/C18H19FN4O2S/c1-18(2,24)13-9-12-15(26-13)17(23-5-7-25-8-6-23)22-16(21-12)11-3-4-14(19)20-10-11/h3-4,9-10,24H,5-8H2,1-2H3. The summed E-state index contributed by atoms with van der Waals surface area (Å²) < 4.78 is 19.5. The number of hydrogen-bond donors (Lipinski definition) is 1. The molecule has 0 radical (unpaired) electrons. The molecule has 1 aliphatic heterocycles. The summed E-state index contributed by atoms with van der Waals surface area (Å²) >= 11 is 1.50. The molecule has 0 aliphatic carbocycles. The minimum atomic E-state index is -0.953. The van der Waals surface area contributed by atoms with E-state index in [1.165, 1.54) is 23.6 Å². The summed E-state index contributed by atoms with van der Waals surface area (Å²) in [6, 6.07) is 4.81. The van der Waals surface area contributed by atoms with Gasteiger partial charge in [0.05, 0.1) is 29.0 Å². The molecular weight excluding hydrogens is 355 g/mol. The Kier molecular flexibility index (Phi) is 4.34. The highest BCUT2D eigenvalue weighted by molar-refractivity contribution is 7.19. The van der Waals surface area contributed by atoms with Crippen molar-refractivity contribution >= 4 is 27.4 Å². The molecule has 6 nitrogen and oxygen atoms in total. The molecule has 1 aliphatic rings. The van der Waals surface area contributed by atoms with Crippen LogP contribution < -0.4 is 4.90 Å². The van der Waals surface area contributed by atoms with Gasteiger partial charge in [-0.2, -0.15) is 4.39 Å². The van der Waals surface area contributed by atoms with Crippen molar-refractivity contribution in [1.82, 2.24) is 15.0 Å². The Labute approximate surface area is 154 Å².